The van der Waals surface area contributed by atoms with Crippen LogP contribution in [-0.4, -0.2) is 23.0 Å². The first kappa shape index (κ1) is 11.1. The van der Waals surface area contributed by atoms with E-state index in [0.29, 0.717) is 5.56 Å². The maximum Gasteiger partial charge on any atom is 0.316 e. The molecule has 0 bridgehead atoms. The Balaban J connectivity index is 2.09. The zero-order valence-electron chi connectivity index (χ0n) is 9.25. The molecule has 1 N–H and O–H groups in total. The number of para-hydroxylation sites is 1. The number of amides is 1. The van der Waals surface area contributed by atoms with E-state index in [9.17, 15) is 4.79 Å². The van der Waals surface area contributed by atoms with Crippen molar-refractivity contribution in [3.63, 3.8) is 0 Å². The largest absolute Gasteiger partial charge is 0.467 e. The van der Waals surface area contributed by atoms with Gasteiger partial charge in [0.1, 0.15) is 0 Å². The van der Waals surface area contributed by atoms with Gasteiger partial charge in [0.2, 0.25) is 0 Å². The molecule has 1 aromatic carbocycles. The third-order valence-corrected chi connectivity index (χ3v) is 2.10. The number of nitrogens with zero attached hydrogens (tertiary/aromatic N) is 2. The summed E-state index contributed by atoms with van der Waals surface area (Å²) in [6.07, 6.45) is 2.84. The van der Waals surface area contributed by atoms with E-state index in [4.69, 9.17) is 4.74 Å². The van der Waals surface area contributed by atoms with Crippen molar-refractivity contribution in [3.05, 3.63) is 48.3 Å². The molecule has 1 aromatic heterocycles. The Bertz CT molecular complexity index is 497. The Kier molecular flexibility index (Phi) is 3.30. The predicted octanol–water partition coefficient (Wildman–Crippen LogP) is 1.74. The maximum atomic E-state index is 11.8. The average molecular weight is 229 g/mol. The van der Waals surface area contributed by atoms with E-state index >= 15 is 0 Å². The highest BCUT2D eigenvalue weighted by atomic mass is 16.5. The van der Waals surface area contributed by atoms with Gasteiger partial charge in [0.25, 0.3) is 5.91 Å². The van der Waals surface area contributed by atoms with Crippen molar-refractivity contribution < 1.29 is 9.53 Å². The minimum atomic E-state index is -0.251. The summed E-state index contributed by atoms with van der Waals surface area (Å²) in [6.45, 7) is 0. The van der Waals surface area contributed by atoms with Crippen LogP contribution in [0.5, 0.6) is 6.01 Å². The van der Waals surface area contributed by atoms with Crippen molar-refractivity contribution in [2.45, 2.75) is 0 Å². The second kappa shape index (κ2) is 5.07. The molecule has 2 aromatic rings. The first-order valence-electron chi connectivity index (χ1n) is 5.02. The molecule has 0 aliphatic heterocycles. The first-order chi connectivity index (χ1) is 8.29. The Morgan fingerprint density at radius 1 is 1.18 bits per heavy atom. The van der Waals surface area contributed by atoms with Gasteiger partial charge in [0.05, 0.1) is 12.7 Å². The molecule has 5 heteroatoms. The summed E-state index contributed by atoms with van der Waals surface area (Å²) in [7, 11) is 1.47. The van der Waals surface area contributed by atoms with Gasteiger partial charge in [-0.1, -0.05) is 18.2 Å². The van der Waals surface area contributed by atoms with Gasteiger partial charge in [-0.05, 0) is 12.1 Å². The van der Waals surface area contributed by atoms with E-state index in [1.807, 2.05) is 30.3 Å². The molecule has 0 saturated carbocycles. The summed E-state index contributed by atoms with van der Waals surface area (Å²) in [6, 6.07) is 9.43. The monoisotopic (exact) mass is 229 g/mol. The van der Waals surface area contributed by atoms with E-state index in [0.717, 1.165) is 5.69 Å². The van der Waals surface area contributed by atoms with Crippen molar-refractivity contribution in [1.29, 1.82) is 0 Å². The Hall–Kier alpha value is -2.43. The number of methoxy groups -OCH3 is 1. The SMILES string of the molecule is COc1ncc(C(=O)Nc2ccccc2)cn1. The fourth-order valence-electron chi connectivity index (χ4n) is 1.26. The smallest absolute Gasteiger partial charge is 0.316 e. The van der Waals surface area contributed by atoms with Crippen LogP contribution in [0.15, 0.2) is 42.7 Å². The lowest BCUT2D eigenvalue weighted by atomic mass is 10.3. The first-order valence-corrected chi connectivity index (χ1v) is 5.02. The van der Waals surface area contributed by atoms with Gasteiger partial charge in [-0.15, -0.1) is 0 Å². The molecule has 0 fully saturated rings. The molecule has 0 saturated heterocycles. The van der Waals surface area contributed by atoms with Crippen LogP contribution in [-0.2, 0) is 0 Å². The van der Waals surface area contributed by atoms with Crippen LogP contribution in [0, 0.1) is 0 Å². The maximum absolute atomic E-state index is 11.8. The molecule has 0 aliphatic carbocycles. The molecule has 0 aliphatic rings. The zero-order chi connectivity index (χ0) is 12.1. The van der Waals surface area contributed by atoms with Gasteiger partial charge < -0.3 is 10.1 Å². The van der Waals surface area contributed by atoms with Crippen LogP contribution in [0.25, 0.3) is 0 Å². The number of benzene rings is 1. The Morgan fingerprint density at radius 3 is 2.41 bits per heavy atom. The third kappa shape index (κ3) is 2.78. The Labute approximate surface area is 98.5 Å². The highest BCUT2D eigenvalue weighted by Crippen LogP contribution is 2.08. The molecular weight excluding hydrogens is 218 g/mol. The van der Waals surface area contributed by atoms with Crippen molar-refractivity contribution in [1.82, 2.24) is 9.97 Å². The number of carbonyl (C=O) groups is 1. The number of rotatable bonds is 3. The average Bonchev–Trinajstić information content (AvgIpc) is 2.40. The molecule has 17 heavy (non-hydrogen) atoms. The van der Waals surface area contributed by atoms with Crippen molar-refractivity contribution in [2.24, 2.45) is 0 Å². The van der Waals surface area contributed by atoms with Gasteiger partial charge in [-0.25, -0.2) is 9.97 Å². The quantitative estimate of drug-likeness (QED) is 0.870. The number of ether oxygens (including phenoxy) is 1. The molecule has 0 atom stereocenters. The van der Waals surface area contributed by atoms with Crippen molar-refractivity contribution in [2.75, 3.05) is 12.4 Å². The molecular formula is C12H11N3O2. The third-order valence-electron chi connectivity index (χ3n) is 2.10. The summed E-state index contributed by atoms with van der Waals surface area (Å²) in [5.74, 6) is -0.251. The molecule has 1 heterocycles. The van der Waals surface area contributed by atoms with Gasteiger partial charge >= 0.3 is 6.01 Å². The van der Waals surface area contributed by atoms with E-state index in [2.05, 4.69) is 15.3 Å². The number of carbonyl (C=O) groups excluding carboxylic acids is 1. The molecule has 2 rings (SSSR count). The minimum Gasteiger partial charge on any atom is -0.467 e. The number of hydrogen-bond donors (Lipinski definition) is 1. The standard InChI is InChI=1S/C12H11N3O2/c1-17-12-13-7-9(8-14-12)11(16)15-10-5-3-2-4-6-10/h2-8H,1H3,(H,15,16). The summed E-state index contributed by atoms with van der Waals surface area (Å²) in [5, 5.41) is 2.74. The van der Waals surface area contributed by atoms with Crippen LogP contribution in [0.4, 0.5) is 5.69 Å². The number of hydrogen-bond acceptors (Lipinski definition) is 4. The van der Waals surface area contributed by atoms with Crippen LogP contribution in [0.2, 0.25) is 0 Å². The van der Waals surface area contributed by atoms with Gasteiger partial charge in [-0.2, -0.15) is 0 Å². The van der Waals surface area contributed by atoms with E-state index in [1.54, 1.807) is 0 Å². The fraction of sp³-hybridized carbons (Fsp3) is 0.0833. The lowest BCUT2D eigenvalue weighted by Gasteiger charge is -2.04. The van der Waals surface area contributed by atoms with Crippen molar-refractivity contribution >= 4 is 11.6 Å². The summed E-state index contributed by atoms with van der Waals surface area (Å²) in [4.78, 5) is 19.5. The molecule has 86 valence electrons. The highest BCUT2D eigenvalue weighted by Gasteiger charge is 2.07. The molecule has 0 radical (unpaired) electrons. The number of aromatic nitrogens is 2. The fourth-order valence-corrected chi connectivity index (χ4v) is 1.26. The normalized spacial score (nSPS) is 9.71. The van der Waals surface area contributed by atoms with Crippen LogP contribution < -0.4 is 10.1 Å². The second-order valence-corrected chi connectivity index (χ2v) is 3.28. The van der Waals surface area contributed by atoms with Crippen LogP contribution in [0.1, 0.15) is 10.4 Å². The highest BCUT2D eigenvalue weighted by molar-refractivity contribution is 6.03. The summed E-state index contributed by atoms with van der Waals surface area (Å²) < 4.78 is 4.81. The number of anilines is 1. The van der Waals surface area contributed by atoms with E-state index in [-0.39, 0.29) is 11.9 Å². The van der Waals surface area contributed by atoms with E-state index in [1.165, 1.54) is 19.5 Å². The van der Waals surface area contributed by atoms with Gasteiger partial charge in [0.15, 0.2) is 0 Å². The Morgan fingerprint density at radius 2 is 1.82 bits per heavy atom. The lowest BCUT2D eigenvalue weighted by molar-refractivity contribution is 0.102. The zero-order valence-corrected chi connectivity index (χ0v) is 9.25. The second-order valence-electron chi connectivity index (χ2n) is 3.28. The number of nitrogens with one attached hydrogen (secondary N) is 1. The summed E-state index contributed by atoms with van der Waals surface area (Å²) in [5.41, 5.74) is 1.11. The van der Waals surface area contributed by atoms with Crippen LogP contribution >= 0.6 is 0 Å². The molecule has 1 amide bonds. The molecule has 5 nitrogen and oxygen atoms in total. The molecule has 0 unspecified atom stereocenters. The van der Waals surface area contributed by atoms with Crippen molar-refractivity contribution in [3.8, 4) is 6.01 Å². The predicted molar refractivity (Wildman–Crippen MR) is 63.0 cm³/mol. The summed E-state index contributed by atoms with van der Waals surface area (Å²) >= 11 is 0. The van der Waals surface area contributed by atoms with Crippen LogP contribution in [0.3, 0.4) is 0 Å². The topological polar surface area (TPSA) is 64.1 Å². The minimum absolute atomic E-state index is 0.237. The van der Waals surface area contributed by atoms with E-state index < -0.39 is 0 Å². The van der Waals surface area contributed by atoms with Gasteiger partial charge in [0, 0.05) is 18.1 Å². The lowest BCUT2D eigenvalue weighted by Crippen LogP contribution is -2.12. The molecule has 0 spiro atoms. The van der Waals surface area contributed by atoms with Gasteiger partial charge in [-0.3, -0.25) is 4.79 Å².